The number of benzene rings is 1. The van der Waals surface area contributed by atoms with Crippen molar-refractivity contribution in [2.24, 2.45) is 5.92 Å². The number of likely N-dealkylation sites (tertiary alicyclic amines) is 1. The number of nitrogens with one attached hydrogen (secondary N) is 1. The molecule has 2 aromatic rings. The van der Waals surface area contributed by atoms with Gasteiger partial charge in [0.1, 0.15) is 0 Å². The van der Waals surface area contributed by atoms with Crippen molar-refractivity contribution in [2.45, 2.75) is 17.7 Å². The van der Waals surface area contributed by atoms with Gasteiger partial charge in [0, 0.05) is 44.2 Å². The molecule has 1 saturated heterocycles. The third kappa shape index (κ3) is 4.70. The van der Waals surface area contributed by atoms with Crippen molar-refractivity contribution in [3.05, 3.63) is 64.5 Å². The highest BCUT2D eigenvalue weighted by atomic mass is 32.2. The van der Waals surface area contributed by atoms with Gasteiger partial charge < -0.3 is 4.90 Å². The molecule has 1 fully saturated rings. The van der Waals surface area contributed by atoms with Crippen LogP contribution < -0.4 is 4.72 Å². The standard InChI is InChI=1S/C18H20N4O5S/c23-18(15-2-1-9-19-13-15)21-10-7-14(8-11-21)12-20-28(26,27)17-5-3-16(4-6-17)22(24)25/h1-6,9,13-14,20H,7-8,10-12H2. The predicted molar refractivity (Wildman–Crippen MR) is 101 cm³/mol. The molecule has 1 aliphatic rings. The highest BCUT2D eigenvalue weighted by Crippen LogP contribution is 2.20. The number of pyridine rings is 1. The molecule has 3 rings (SSSR count). The van der Waals surface area contributed by atoms with E-state index in [9.17, 15) is 23.3 Å². The Kier molecular flexibility index (Phi) is 6.00. The molecule has 0 bridgehead atoms. The summed E-state index contributed by atoms with van der Waals surface area (Å²) in [5.74, 6) is 0.0452. The molecule has 1 N–H and O–H groups in total. The average Bonchev–Trinajstić information content (AvgIpc) is 2.73. The Bertz CT molecular complexity index is 940. The number of non-ortho nitro benzene ring substituents is 1. The Morgan fingerprint density at radius 3 is 2.46 bits per heavy atom. The van der Waals surface area contributed by atoms with Crippen molar-refractivity contribution in [1.29, 1.82) is 0 Å². The smallest absolute Gasteiger partial charge is 0.269 e. The summed E-state index contributed by atoms with van der Waals surface area (Å²) in [6.07, 6.45) is 4.52. The molecule has 0 radical (unpaired) electrons. The second kappa shape index (κ2) is 8.44. The first-order valence-corrected chi connectivity index (χ1v) is 10.3. The second-order valence-corrected chi connectivity index (χ2v) is 8.35. The summed E-state index contributed by atoms with van der Waals surface area (Å²) in [6.45, 7) is 1.36. The summed E-state index contributed by atoms with van der Waals surface area (Å²) in [5, 5.41) is 10.7. The van der Waals surface area contributed by atoms with Gasteiger partial charge in [-0.25, -0.2) is 13.1 Å². The van der Waals surface area contributed by atoms with Crippen molar-refractivity contribution in [3.63, 3.8) is 0 Å². The number of nitro benzene ring substituents is 1. The fraction of sp³-hybridized carbons (Fsp3) is 0.333. The molecule has 1 aliphatic heterocycles. The summed E-state index contributed by atoms with van der Waals surface area (Å²) in [6, 6.07) is 8.20. The lowest BCUT2D eigenvalue weighted by atomic mass is 9.97. The maximum Gasteiger partial charge on any atom is 0.269 e. The predicted octanol–water partition coefficient (Wildman–Crippen LogP) is 1.82. The molecule has 0 aliphatic carbocycles. The first kappa shape index (κ1) is 19.9. The lowest BCUT2D eigenvalue weighted by Gasteiger charge is -2.32. The summed E-state index contributed by atoms with van der Waals surface area (Å²) < 4.78 is 27.3. The quantitative estimate of drug-likeness (QED) is 0.579. The molecule has 1 amide bonds. The van der Waals surface area contributed by atoms with Crippen LogP contribution in [-0.4, -0.2) is 48.8 Å². The number of piperidine rings is 1. The first-order valence-electron chi connectivity index (χ1n) is 8.80. The van der Waals surface area contributed by atoms with Gasteiger partial charge >= 0.3 is 0 Å². The zero-order valence-corrected chi connectivity index (χ0v) is 15.8. The highest BCUT2D eigenvalue weighted by molar-refractivity contribution is 7.89. The Balaban J connectivity index is 1.52. The van der Waals surface area contributed by atoms with Gasteiger partial charge in [-0.3, -0.25) is 19.9 Å². The zero-order chi connectivity index (χ0) is 20.1. The lowest BCUT2D eigenvalue weighted by molar-refractivity contribution is -0.384. The van der Waals surface area contributed by atoms with Crippen molar-refractivity contribution in [2.75, 3.05) is 19.6 Å². The van der Waals surface area contributed by atoms with Crippen LogP contribution in [0, 0.1) is 16.0 Å². The van der Waals surface area contributed by atoms with Crippen molar-refractivity contribution >= 4 is 21.6 Å². The first-order chi connectivity index (χ1) is 13.4. The van der Waals surface area contributed by atoms with Crippen LogP contribution in [0.2, 0.25) is 0 Å². The number of amides is 1. The van der Waals surface area contributed by atoms with Gasteiger partial charge in [0.25, 0.3) is 11.6 Å². The summed E-state index contributed by atoms with van der Waals surface area (Å²) in [7, 11) is -3.74. The van der Waals surface area contributed by atoms with E-state index in [1.807, 2.05) is 0 Å². The van der Waals surface area contributed by atoms with Crippen LogP contribution in [0.1, 0.15) is 23.2 Å². The van der Waals surface area contributed by atoms with E-state index < -0.39 is 14.9 Å². The van der Waals surface area contributed by atoms with Crippen molar-refractivity contribution in [3.8, 4) is 0 Å². The molecule has 1 aromatic carbocycles. The van der Waals surface area contributed by atoms with Crippen LogP contribution in [0.15, 0.2) is 53.7 Å². The third-order valence-corrected chi connectivity index (χ3v) is 6.17. The Morgan fingerprint density at radius 2 is 1.89 bits per heavy atom. The maximum absolute atomic E-state index is 12.4. The number of nitro groups is 1. The molecule has 148 valence electrons. The molecule has 0 saturated carbocycles. The minimum absolute atomic E-state index is 0.0118. The minimum atomic E-state index is -3.74. The van der Waals surface area contributed by atoms with Gasteiger partial charge in [0.2, 0.25) is 10.0 Å². The largest absolute Gasteiger partial charge is 0.339 e. The Labute approximate surface area is 162 Å². The number of aromatic nitrogens is 1. The van der Waals surface area contributed by atoms with Crippen LogP contribution in [0.25, 0.3) is 0 Å². The average molecular weight is 404 g/mol. The highest BCUT2D eigenvalue weighted by Gasteiger charge is 2.25. The number of hydrogen-bond donors (Lipinski definition) is 1. The Morgan fingerprint density at radius 1 is 1.21 bits per heavy atom. The topological polar surface area (TPSA) is 123 Å². The van der Waals surface area contributed by atoms with Gasteiger partial charge in [0.15, 0.2) is 0 Å². The molecular formula is C18H20N4O5S. The van der Waals surface area contributed by atoms with Crippen LogP contribution >= 0.6 is 0 Å². The van der Waals surface area contributed by atoms with Crippen molar-refractivity contribution < 1.29 is 18.1 Å². The van der Waals surface area contributed by atoms with E-state index in [0.717, 1.165) is 12.1 Å². The number of hydrogen-bond acceptors (Lipinski definition) is 6. The van der Waals surface area contributed by atoms with Gasteiger partial charge in [-0.05, 0) is 43.0 Å². The second-order valence-electron chi connectivity index (χ2n) is 6.58. The van der Waals surface area contributed by atoms with Crippen LogP contribution in [0.5, 0.6) is 0 Å². The minimum Gasteiger partial charge on any atom is -0.339 e. The molecule has 2 heterocycles. The van der Waals surface area contributed by atoms with E-state index >= 15 is 0 Å². The molecule has 28 heavy (non-hydrogen) atoms. The van der Waals surface area contributed by atoms with Gasteiger partial charge in [-0.2, -0.15) is 0 Å². The van der Waals surface area contributed by atoms with Gasteiger partial charge in [-0.1, -0.05) is 0 Å². The summed E-state index contributed by atoms with van der Waals surface area (Å²) in [5.41, 5.74) is 0.379. The molecule has 9 nitrogen and oxygen atoms in total. The van der Waals surface area contributed by atoms with E-state index in [4.69, 9.17) is 0 Å². The maximum atomic E-state index is 12.4. The van der Waals surface area contributed by atoms with Crippen LogP contribution in [0.4, 0.5) is 5.69 Å². The van der Waals surface area contributed by atoms with Gasteiger partial charge in [0.05, 0.1) is 15.4 Å². The van der Waals surface area contributed by atoms with E-state index in [2.05, 4.69) is 9.71 Å². The molecule has 0 spiro atoms. The Hall–Kier alpha value is -2.85. The van der Waals surface area contributed by atoms with E-state index in [0.29, 0.717) is 31.5 Å². The van der Waals surface area contributed by atoms with E-state index in [-0.39, 0.29) is 29.0 Å². The van der Waals surface area contributed by atoms with Crippen molar-refractivity contribution in [1.82, 2.24) is 14.6 Å². The molecule has 0 unspecified atom stereocenters. The zero-order valence-electron chi connectivity index (χ0n) is 15.0. The van der Waals surface area contributed by atoms with Crippen LogP contribution in [-0.2, 0) is 10.0 Å². The SMILES string of the molecule is O=C(c1cccnc1)N1CCC(CNS(=O)(=O)c2ccc([N+](=O)[O-])cc2)CC1. The number of nitrogens with zero attached hydrogens (tertiary/aromatic N) is 3. The fourth-order valence-electron chi connectivity index (χ4n) is 3.07. The molecule has 1 aromatic heterocycles. The molecule has 0 atom stereocenters. The van der Waals surface area contributed by atoms with E-state index in [1.165, 1.54) is 18.3 Å². The van der Waals surface area contributed by atoms with Crippen LogP contribution in [0.3, 0.4) is 0 Å². The number of carbonyl (C=O) groups is 1. The number of rotatable bonds is 6. The van der Waals surface area contributed by atoms with Gasteiger partial charge in [-0.15, -0.1) is 0 Å². The number of sulfonamides is 1. The third-order valence-electron chi connectivity index (χ3n) is 4.73. The molecule has 10 heteroatoms. The normalized spacial score (nSPS) is 15.4. The number of carbonyl (C=O) groups excluding carboxylic acids is 1. The van der Waals surface area contributed by atoms with E-state index in [1.54, 1.807) is 23.2 Å². The fourth-order valence-corrected chi connectivity index (χ4v) is 4.19. The summed E-state index contributed by atoms with van der Waals surface area (Å²) in [4.78, 5) is 28.2. The molecular weight excluding hydrogens is 384 g/mol. The lowest BCUT2D eigenvalue weighted by Crippen LogP contribution is -2.41. The summed E-state index contributed by atoms with van der Waals surface area (Å²) >= 11 is 0. The monoisotopic (exact) mass is 404 g/mol.